The normalized spacial score (nSPS) is 27.7. The van der Waals surface area contributed by atoms with Crippen molar-refractivity contribution in [1.82, 2.24) is 0 Å². The van der Waals surface area contributed by atoms with Crippen molar-refractivity contribution in [2.45, 2.75) is 37.8 Å². The summed E-state index contributed by atoms with van der Waals surface area (Å²) in [6, 6.07) is 6.18. The number of hydrogen-bond acceptors (Lipinski definition) is 2. The second kappa shape index (κ2) is 4.52. The third-order valence-electron chi connectivity index (χ3n) is 3.39. The minimum atomic E-state index is -0.309. The molecule has 0 saturated carbocycles. The highest BCUT2D eigenvalue weighted by molar-refractivity contribution is 5.22. The van der Waals surface area contributed by atoms with Crippen molar-refractivity contribution in [1.29, 1.82) is 0 Å². The van der Waals surface area contributed by atoms with E-state index in [1.165, 1.54) is 12.1 Å². The molecule has 88 valence electrons. The quantitative estimate of drug-likeness (QED) is 0.836. The monoisotopic (exact) mass is 223 g/mol. The van der Waals surface area contributed by atoms with Gasteiger partial charge in [-0.2, -0.15) is 0 Å². The van der Waals surface area contributed by atoms with Crippen LogP contribution < -0.4 is 5.73 Å². The van der Waals surface area contributed by atoms with Gasteiger partial charge in [0.15, 0.2) is 0 Å². The second-order valence-electron chi connectivity index (χ2n) is 4.65. The van der Waals surface area contributed by atoms with Crippen LogP contribution in [0.15, 0.2) is 24.3 Å². The lowest BCUT2D eigenvalue weighted by molar-refractivity contribution is -0.0820. The van der Waals surface area contributed by atoms with E-state index in [-0.39, 0.29) is 17.5 Å². The Hall–Kier alpha value is -0.930. The fourth-order valence-corrected chi connectivity index (χ4v) is 2.22. The molecule has 0 aromatic heterocycles. The molecule has 0 bridgehead atoms. The van der Waals surface area contributed by atoms with E-state index in [9.17, 15) is 4.39 Å². The molecule has 1 fully saturated rings. The van der Waals surface area contributed by atoms with Gasteiger partial charge in [0, 0.05) is 6.61 Å². The molecule has 0 aliphatic carbocycles. The molecular formula is C13H18FNO. The van der Waals surface area contributed by atoms with Gasteiger partial charge < -0.3 is 10.5 Å². The van der Waals surface area contributed by atoms with Crippen LogP contribution >= 0.6 is 0 Å². The first-order chi connectivity index (χ1) is 7.62. The first-order valence-electron chi connectivity index (χ1n) is 5.77. The van der Waals surface area contributed by atoms with E-state index in [2.05, 4.69) is 0 Å². The van der Waals surface area contributed by atoms with Gasteiger partial charge in [-0.05, 0) is 43.9 Å². The smallest absolute Gasteiger partial charge is 0.123 e. The number of halogens is 1. The minimum absolute atomic E-state index is 0.187. The van der Waals surface area contributed by atoms with Crippen LogP contribution in [0.1, 0.15) is 37.8 Å². The molecule has 1 saturated heterocycles. The Morgan fingerprint density at radius 2 is 2.00 bits per heavy atom. The Morgan fingerprint density at radius 3 is 2.56 bits per heavy atom. The molecule has 2 nitrogen and oxygen atoms in total. The highest BCUT2D eigenvalue weighted by Crippen LogP contribution is 2.34. The fourth-order valence-electron chi connectivity index (χ4n) is 2.22. The van der Waals surface area contributed by atoms with Crippen molar-refractivity contribution in [2.75, 3.05) is 6.61 Å². The lowest BCUT2D eigenvalue weighted by Crippen LogP contribution is -2.43. The Labute approximate surface area is 95.6 Å². The van der Waals surface area contributed by atoms with Gasteiger partial charge in [-0.3, -0.25) is 0 Å². The minimum Gasteiger partial charge on any atom is -0.373 e. The van der Waals surface area contributed by atoms with E-state index >= 15 is 0 Å². The SMILES string of the molecule is CC1(C(N)c2ccc(F)cc2)CCCCO1. The number of rotatable bonds is 2. The maximum absolute atomic E-state index is 12.8. The number of ether oxygens (including phenoxy) is 1. The van der Waals surface area contributed by atoms with Crippen molar-refractivity contribution in [3.05, 3.63) is 35.6 Å². The summed E-state index contributed by atoms with van der Waals surface area (Å²) >= 11 is 0. The summed E-state index contributed by atoms with van der Waals surface area (Å²) in [4.78, 5) is 0. The lowest BCUT2D eigenvalue weighted by atomic mass is 9.85. The van der Waals surface area contributed by atoms with Crippen molar-refractivity contribution >= 4 is 0 Å². The maximum atomic E-state index is 12.8. The molecular weight excluding hydrogens is 205 g/mol. The number of benzene rings is 1. The Morgan fingerprint density at radius 1 is 1.31 bits per heavy atom. The molecule has 16 heavy (non-hydrogen) atoms. The largest absolute Gasteiger partial charge is 0.373 e. The Bertz CT molecular complexity index is 343. The van der Waals surface area contributed by atoms with Crippen LogP contribution in [-0.2, 0) is 4.74 Å². The molecule has 1 aromatic carbocycles. The van der Waals surface area contributed by atoms with Gasteiger partial charge in [0.1, 0.15) is 5.82 Å². The number of nitrogens with two attached hydrogens (primary N) is 1. The summed E-state index contributed by atoms with van der Waals surface area (Å²) in [7, 11) is 0. The topological polar surface area (TPSA) is 35.2 Å². The third-order valence-corrected chi connectivity index (χ3v) is 3.39. The van der Waals surface area contributed by atoms with Gasteiger partial charge in [0.25, 0.3) is 0 Å². The molecule has 0 amide bonds. The fraction of sp³-hybridized carbons (Fsp3) is 0.538. The Kier molecular flexibility index (Phi) is 3.26. The summed E-state index contributed by atoms with van der Waals surface area (Å²) < 4.78 is 18.6. The molecule has 2 N–H and O–H groups in total. The van der Waals surface area contributed by atoms with Gasteiger partial charge in [-0.1, -0.05) is 12.1 Å². The molecule has 0 radical (unpaired) electrons. The van der Waals surface area contributed by atoms with Crippen molar-refractivity contribution in [3.63, 3.8) is 0 Å². The molecule has 0 spiro atoms. The summed E-state index contributed by atoms with van der Waals surface area (Å²) in [5.41, 5.74) is 6.83. The van der Waals surface area contributed by atoms with E-state index < -0.39 is 0 Å². The van der Waals surface area contributed by atoms with Crippen molar-refractivity contribution < 1.29 is 9.13 Å². The van der Waals surface area contributed by atoms with Crippen LogP contribution in [0.2, 0.25) is 0 Å². The standard InChI is InChI=1S/C13H18FNO/c1-13(8-2-3-9-16-13)12(15)10-4-6-11(14)7-5-10/h4-7,12H,2-3,8-9,15H2,1H3. The first kappa shape index (κ1) is 11.6. The molecule has 1 heterocycles. The summed E-state index contributed by atoms with van der Waals surface area (Å²) in [6.45, 7) is 2.81. The first-order valence-corrected chi connectivity index (χ1v) is 5.77. The molecule has 1 aromatic rings. The zero-order chi connectivity index (χ0) is 11.6. The zero-order valence-corrected chi connectivity index (χ0v) is 9.58. The number of hydrogen-bond donors (Lipinski definition) is 1. The van der Waals surface area contributed by atoms with Crippen LogP contribution in [0.4, 0.5) is 4.39 Å². The summed E-state index contributed by atoms with van der Waals surface area (Å²) in [6.07, 6.45) is 3.21. The van der Waals surface area contributed by atoms with Gasteiger partial charge in [0.2, 0.25) is 0 Å². The third kappa shape index (κ3) is 2.25. The summed E-state index contributed by atoms with van der Waals surface area (Å²) in [5.74, 6) is -0.231. The second-order valence-corrected chi connectivity index (χ2v) is 4.65. The Balaban J connectivity index is 2.16. The van der Waals surface area contributed by atoms with Gasteiger partial charge >= 0.3 is 0 Å². The van der Waals surface area contributed by atoms with Crippen LogP contribution in [0, 0.1) is 5.82 Å². The van der Waals surface area contributed by atoms with E-state index in [4.69, 9.17) is 10.5 Å². The highest BCUT2D eigenvalue weighted by atomic mass is 19.1. The maximum Gasteiger partial charge on any atom is 0.123 e. The van der Waals surface area contributed by atoms with Crippen LogP contribution in [0.5, 0.6) is 0 Å². The van der Waals surface area contributed by atoms with E-state index in [0.29, 0.717) is 0 Å². The van der Waals surface area contributed by atoms with Crippen molar-refractivity contribution in [2.24, 2.45) is 5.73 Å². The molecule has 3 heteroatoms. The van der Waals surface area contributed by atoms with Crippen LogP contribution in [-0.4, -0.2) is 12.2 Å². The van der Waals surface area contributed by atoms with Crippen LogP contribution in [0.3, 0.4) is 0 Å². The molecule has 1 aliphatic rings. The average Bonchev–Trinajstić information content (AvgIpc) is 2.30. The van der Waals surface area contributed by atoms with Crippen LogP contribution in [0.25, 0.3) is 0 Å². The molecule has 1 aliphatic heterocycles. The zero-order valence-electron chi connectivity index (χ0n) is 9.58. The molecule has 2 atom stereocenters. The molecule has 2 rings (SSSR count). The van der Waals surface area contributed by atoms with Crippen molar-refractivity contribution in [3.8, 4) is 0 Å². The lowest BCUT2D eigenvalue weighted by Gasteiger charge is -2.39. The van der Waals surface area contributed by atoms with E-state index in [1.807, 2.05) is 6.92 Å². The highest BCUT2D eigenvalue weighted by Gasteiger charge is 2.35. The predicted octanol–water partition coefficient (Wildman–Crippen LogP) is 2.78. The average molecular weight is 223 g/mol. The van der Waals surface area contributed by atoms with Gasteiger partial charge in [0.05, 0.1) is 11.6 Å². The van der Waals surface area contributed by atoms with E-state index in [0.717, 1.165) is 31.4 Å². The molecule has 2 unspecified atom stereocenters. The summed E-state index contributed by atoms with van der Waals surface area (Å²) in [5, 5.41) is 0. The van der Waals surface area contributed by atoms with Gasteiger partial charge in [-0.15, -0.1) is 0 Å². The predicted molar refractivity (Wildman–Crippen MR) is 61.5 cm³/mol. The van der Waals surface area contributed by atoms with Gasteiger partial charge in [-0.25, -0.2) is 4.39 Å². The van der Waals surface area contributed by atoms with E-state index in [1.54, 1.807) is 12.1 Å².